The number of methoxy groups -OCH3 is 2. The van der Waals surface area contributed by atoms with Crippen molar-refractivity contribution in [3.05, 3.63) is 101 Å². The Bertz CT molecular complexity index is 3320. The van der Waals surface area contributed by atoms with Gasteiger partial charge in [0, 0.05) is 68.0 Å². The fourth-order valence-electron chi connectivity index (χ4n) is 21.2. The van der Waals surface area contributed by atoms with Gasteiger partial charge in [-0.05, 0) is 151 Å². The summed E-state index contributed by atoms with van der Waals surface area (Å²) in [6.07, 6.45) is 11.2. The van der Waals surface area contributed by atoms with Gasteiger partial charge in [0.15, 0.2) is 36.6 Å². The largest absolute Gasteiger partial charge is 0.486 e. The van der Waals surface area contributed by atoms with E-state index in [2.05, 4.69) is 66.0 Å². The van der Waals surface area contributed by atoms with Gasteiger partial charge in [-0.2, -0.15) is 0 Å². The highest BCUT2D eigenvalue weighted by Crippen LogP contribution is 2.69. The molecule has 0 amide bonds. The molecule has 6 bridgehead atoms. The molecule has 21 heteroatoms. The van der Waals surface area contributed by atoms with Crippen LogP contribution in [-0.4, -0.2) is 255 Å². The number of piperidine rings is 3. The van der Waals surface area contributed by atoms with Crippen LogP contribution < -0.4 is 23.7 Å². The van der Waals surface area contributed by atoms with Crippen LogP contribution in [0.5, 0.6) is 28.7 Å². The number of hydrogen-bond acceptors (Lipinski definition) is 21. The molecule has 6 aliphatic heterocycles. The van der Waals surface area contributed by atoms with Crippen molar-refractivity contribution in [1.29, 1.82) is 0 Å². The lowest BCUT2D eigenvalue weighted by molar-refractivity contribution is -0.216. The first-order valence-corrected chi connectivity index (χ1v) is 36.4. The zero-order valence-electron chi connectivity index (χ0n) is 57.7. The van der Waals surface area contributed by atoms with Gasteiger partial charge in [0.1, 0.15) is 24.1 Å². The highest BCUT2D eigenvalue weighted by atomic mass is 16.7. The summed E-state index contributed by atoms with van der Waals surface area (Å²) >= 11 is 0. The molecule has 3 N–H and O–H groups in total. The van der Waals surface area contributed by atoms with Crippen LogP contribution in [-0.2, 0) is 82.9 Å². The molecule has 6 heterocycles. The molecule has 3 saturated carbocycles. The van der Waals surface area contributed by atoms with Crippen molar-refractivity contribution in [1.82, 2.24) is 14.7 Å². The molecule has 3 saturated heterocycles. The van der Waals surface area contributed by atoms with E-state index < -0.39 is 45.3 Å². The van der Waals surface area contributed by atoms with Gasteiger partial charge in [-0.25, -0.2) is 0 Å². The highest BCUT2D eigenvalue weighted by Gasteiger charge is 2.76. The molecular weight excluding hydrogens is 1240 g/mol. The van der Waals surface area contributed by atoms with Crippen molar-refractivity contribution in [2.75, 3.05) is 153 Å². The maximum Gasteiger partial charge on any atom is 0.189 e. The maximum atomic E-state index is 13.2. The van der Waals surface area contributed by atoms with Gasteiger partial charge in [-0.15, -0.1) is 13.2 Å². The van der Waals surface area contributed by atoms with Crippen LogP contribution in [0.4, 0.5) is 0 Å². The van der Waals surface area contributed by atoms with E-state index in [0.29, 0.717) is 167 Å². The van der Waals surface area contributed by atoms with Crippen LogP contribution in [0.3, 0.4) is 0 Å². The molecule has 0 radical (unpaired) electrons. The van der Waals surface area contributed by atoms with E-state index in [1.807, 2.05) is 24.3 Å². The number of hydrogen-bond donors (Lipinski definition) is 3. The summed E-state index contributed by atoms with van der Waals surface area (Å²) in [5, 5.41) is 39.4. The molecule has 21 nitrogen and oxygen atoms in total. The fraction of sp³-hybridized carbons (Fsp3) is 0.711. The Hall–Kier alpha value is -4.50. The van der Waals surface area contributed by atoms with Gasteiger partial charge in [-0.1, -0.05) is 43.3 Å². The average Bonchev–Trinajstić information content (AvgIpc) is 1.61. The maximum absolute atomic E-state index is 13.2. The number of ether oxygens (including phenoxy) is 15. The summed E-state index contributed by atoms with van der Waals surface area (Å²) in [5.41, 5.74) is 3.21. The molecule has 6 aliphatic carbocycles. The van der Waals surface area contributed by atoms with Crippen molar-refractivity contribution >= 4 is 0 Å². The number of likely N-dealkylation sites (tertiary alicyclic amines) is 3. The number of benzene rings is 3. The molecule has 0 aromatic heterocycles. The zero-order chi connectivity index (χ0) is 66.7. The normalized spacial score (nSPS) is 35.2. The van der Waals surface area contributed by atoms with E-state index in [0.717, 1.165) is 87.3 Å². The minimum Gasteiger partial charge on any atom is -0.486 e. The molecule has 15 rings (SSSR count). The quantitative estimate of drug-likeness (QED) is 0.0324. The number of aliphatic hydroxyl groups is 3. The Balaban J connectivity index is 0.605. The fourth-order valence-corrected chi connectivity index (χ4v) is 21.2. The minimum atomic E-state index is -1.04. The second kappa shape index (κ2) is 28.0. The Morgan fingerprint density at radius 1 is 0.495 bits per heavy atom. The van der Waals surface area contributed by atoms with Crippen LogP contribution in [0.2, 0.25) is 0 Å². The molecule has 12 aliphatic rings. The second-order valence-electron chi connectivity index (χ2n) is 29.7. The summed E-state index contributed by atoms with van der Waals surface area (Å²) in [5.74, 6) is 3.39. The van der Waals surface area contributed by atoms with E-state index in [1.54, 1.807) is 14.2 Å². The molecule has 16 atom stereocenters. The molecule has 3 spiro atoms. The summed E-state index contributed by atoms with van der Waals surface area (Å²) in [6.45, 7) is 22.3. The lowest BCUT2D eigenvalue weighted by atomic mass is 9.48. The van der Waals surface area contributed by atoms with Crippen LogP contribution in [0, 0.1) is 12.8 Å². The molecule has 97 heavy (non-hydrogen) atoms. The second-order valence-corrected chi connectivity index (χ2v) is 29.7. The molecule has 532 valence electrons. The Morgan fingerprint density at radius 3 is 1.29 bits per heavy atom. The lowest BCUT2D eigenvalue weighted by Crippen LogP contribution is -2.77. The lowest BCUT2D eigenvalue weighted by Gasteiger charge is -2.64. The Morgan fingerprint density at radius 2 is 0.876 bits per heavy atom. The van der Waals surface area contributed by atoms with Gasteiger partial charge in [0.25, 0.3) is 0 Å². The minimum absolute atomic E-state index is 0.0226. The summed E-state index contributed by atoms with van der Waals surface area (Å²) < 4.78 is 95.8. The summed E-state index contributed by atoms with van der Waals surface area (Å²) in [4.78, 5) is 7.31. The van der Waals surface area contributed by atoms with Gasteiger partial charge >= 0.3 is 0 Å². The monoisotopic (exact) mass is 1350 g/mol. The summed E-state index contributed by atoms with van der Waals surface area (Å²) in [7, 11) is 3.29. The summed E-state index contributed by atoms with van der Waals surface area (Å²) in [6, 6.07) is 12.6. The predicted octanol–water partition coefficient (Wildman–Crippen LogP) is 6.46. The van der Waals surface area contributed by atoms with E-state index >= 15 is 0 Å². The van der Waals surface area contributed by atoms with Crippen molar-refractivity contribution in [2.45, 2.75) is 185 Å². The molecular formula is C76H105N3O18. The van der Waals surface area contributed by atoms with Gasteiger partial charge < -0.3 is 86.4 Å². The van der Waals surface area contributed by atoms with E-state index in [1.165, 1.54) is 22.3 Å². The van der Waals surface area contributed by atoms with E-state index in [4.69, 9.17) is 71.1 Å². The number of nitrogens with zero attached hydrogens (tertiary/aromatic N) is 3. The van der Waals surface area contributed by atoms with Gasteiger partial charge in [0.2, 0.25) is 0 Å². The van der Waals surface area contributed by atoms with Gasteiger partial charge in [0.05, 0.1) is 137 Å². The molecule has 9 unspecified atom stereocenters. The van der Waals surface area contributed by atoms with Crippen molar-refractivity contribution < 1.29 is 86.4 Å². The van der Waals surface area contributed by atoms with Gasteiger partial charge in [-0.3, -0.25) is 14.7 Å². The van der Waals surface area contributed by atoms with Crippen molar-refractivity contribution in [3.8, 4) is 28.7 Å². The average molecular weight is 1350 g/mol. The van der Waals surface area contributed by atoms with Crippen molar-refractivity contribution in [3.63, 3.8) is 0 Å². The van der Waals surface area contributed by atoms with Crippen LogP contribution in [0.1, 0.15) is 110 Å². The third-order valence-corrected chi connectivity index (χ3v) is 25.2. The number of rotatable bonds is 36. The first kappa shape index (κ1) is 68.3. The Kier molecular flexibility index (Phi) is 19.7. The standard InChI is InChI=1S/C76H105N3O18/c1-7-25-77-28-22-71-62-51-11-10-49(4)65(62)95-68(71)56(16-19-74(71,80)59(77)41-51)90-38-35-85-44-50(45-86-36-39-91-57-17-20-75(81)60-42-52-12-14-54(93-47-88-33-31-83-5)66-63(52)72(75,69(57)96-66)23-29-78(60)26-8-2)46-87-37-40-92-58-18-21-76(82)61-43-53-13-15-55(94-48-89-34-32-84-6)67-64(53)73(76,70(58)97-67)24-30-79(61)27-9-3/h7-8,10-15,50,56-61,68-70,80-82H,1-2,9,16-48H2,3-6H3/t50?,56?,57?,58?,59?,60?,61?,68?,69-,70?,71-,72-,73-,74+,75+,76+/m0/s1. The molecule has 3 aromatic carbocycles. The van der Waals surface area contributed by atoms with Crippen LogP contribution in [0.25, 0.3) is 0 Å². The van der Waals surface area contributed by atoms with Crippen LogP contribution >= 0.6 is 0 Å². The first-order chi connectivity index (χ1) is 47.4. The predicted molar refractivity (Wildman–Crippen MR) is 358 cm³/mol. The number of aryl methyl sites for hydroxylation is 1. The van der Waals surface area contributed by atoms with E-state index in [9.17, 15) is 15.3 Å². The third-order valence-electron chi connectivity index (χ3n) is 25.2. The Labute approximate surface area is 572 Å². The zero-order valence-corrected chi connectivity index (χ0v) is 57.7. The highest BCUT2D eigenvalue weighted by molar-refractivity contribution is 5.65. The molecule has 3 aromatic rings. The topological polar surface area (TPSA) is 209 Å². The first-order valence-electron chi connectivity index (χ1n) is 36.4. The smallest absolute Gasteiger partial charge is 0.189 e. The van der Waals surface area contributed by atoms with Crippen molar-refractivity contribution in [2.24, 2.45) is 5.92 Å². The third kappa shape index (κ3) is 11.0. The molecule has 6 fully saturated rings. The SMILES string of the molecule is C=CCN1CC[C@]23c4c5ccc(C)c4OC2C(OCCOCC(COCCOC2CC[C@@]4(O)C6Cc7ccc(OCOCCOC)c8c7[C@@]4(CCN6CCC)C2O8)COCCOC2CC[C@@]4(O)C6Cc7ccc(OCOCCOC)c8c7[C@@]4(CCN6CC=C)[C@H]2O8)CC[C@@]3(O)C1C5. The van der Waals surface area contributed by atoms with E-state index in [-0.39, 0.29) is 62.0 Å². The van der Waals surface area contributed by atoms with Crippen LogP contribution in [0.15, 0.2) is 61.7 Å².